The summed E-state index contributed by atoms with van der Waals surface area (Å²) in [5.74, 6) is 2.45. The minimum absolute atomic E-state index is 0.186. The van der Waals surface area contributed by atoms with Crippen molar-refractivity contribution in [3.63, 3.8) is 0 Å². The summed E-state index contributed by atoms with van der Waals surface area (Å²) in [7, 11) is 0. The summed E-state index contributed by atoms with van der Waals surface area (Å²) >= 11 is 0. The molecule has 0 spiro atoms. The Morgan fingerprint density at radius 3 is 2.61 bits per heavy atom. The van der Waals surface area contributed by atoms with Gasteiger partial charge < -0.3 is 19.3 Å². The summed E-state index contributed by atoms with van der Waals surface area (Å²) in [6.07, 6.45) is 12.3. The second kappa shape index (κ2) is 9.11. The quantitative estimate of drug-likeness (QED) is 0.603. The van der Waals surface area contributed by atoms with Crippen molar-refractivity contribution < 1.29 is 14.4 Å². The van der Waals surface area contributed by atoms with E-state index < -0.39 is 0 Å². The van der Waals surface area contributed by atoms with E-state index in [1.54, 1.807) is 0 Å². The van der Waals surface area contributed by atoms with E-state index in [0.717, 1.165) is 59.4 Å². The van der Waals surface area contributed by atoms with E-state index in [9.17, 15) is 5.11 Å². The average molecular weight is 427 g/mol. The lowest BCUT2D eigenvalue weighted by atomic mass is 9.84. The van der Waals surface area contributed by atoms with Crippen molar-refractivity contribution in [3.05, 3.63) is 23.4 Å². The maximum atomic E-state index is 9.92. The monoisotopic (exact) mass is 426 g/mol. The highest BCUT2D eigenvalue weighted by Crippen LogP contribution is 2.39. The Kier molecular flexibility index (Phi) is 6.25. The molecule has 3 fully saturated rings. The molecule has 5 nitrogen and oxygen atoms in total. The van der Waals surface area contributed by atoms with Crippen molar-refractivity contribution in [3.8, 4) is 5.75 Å². The highest BCUT2D eigenvalue weighted by Gasteiger charge is 2.35. The van der Waals surface area contributed by atoms with Gasteiger partial charge in [0.05, 0.1) is 12.3 Å². The number of aromatic nitrogens is 1. The smallest absolute Gasteiger partial charge is 0.173 e. The van der Waals surface area contributed by atoms with Crippen molar-refractivity contribution >= 4 is 11.0 Å². The van der Waals surface area contributed by atoms with Gasteiger partial charge in [0.2, 0.25) is 0 Å². The second-order valence-electron chi connectivity index (χ2n) is 10.6. The summed E-state index contributed by atoms with van der Waals surface area (Å²) in [5, 5.41) is 15.5. The highest BCUT2D eigenvalue weighted by atomic mass is 16.5. The highest BCUT2D eigenvalue weighted by molar-refractivity contribution is 5.84. The first-order valence-electron chi connectivity index (χ1n) is 12.5. The van der Waals surface area contributed by atoms with E-state index >= 15 is 0 Å². The van der Waals surface area contributed by atoms with Crippen LogP contribution in [-0.2, 0) is 6.42 Å². The van der Waals surface area contributed by atoms with Gasteiger partial charge in [-0.1, -0.05) is 18.0 Å². The van der Waals surface area contributed by atoms with Crippen LogP contribution >= 0.6 is 0 Å². The summed E-state index contributed by atoms with van der Waals surface area (Å²) in [4.78, 5) is 2.61. The Balaban J connectivity index is 1.13. The zero-order valence-corrected chi connectivity index (χ0v) is 19.1. The number of benzene rings is 1. The molecule has 0 bridgehead atoms. The predicted molar refractivity (Wildman–Crippen MR) is 122 cm³/mol. The summed E-state index contributed by atoms with van der Waals surface area (Å²) < 4.78 is 11.7. The molecule has 170 valence electrons. The van der Waals surface area contributed by atoms with Gasteiger partial charge in [-0.15, -0.1) is 0 Å². The molecule has 1 aromatic carbocycles. The topological polar surface area (TPSA) is 58.7 Å². The number of hydrogen-bond acceptors (Lipinski definition) is 5. The molecule has 1 saturated heterocycles. The number of piperidine rings is 1. The number of aliphatic hydroxyl groups is 1. The molecule has 2 aromatic rings. The Bertz CT molecular complexity index is 874. The minimum atomic E-state index is 0.186. The standard InChI is InChI=1S/C26H38N2O3/c1-19-24(30-16-21-4-5-21)9-7-22-23(27-31-25(19)22)8-6-20-10-14-28(15-11-20)17-26(18-29)12-2-3-13-26/h7,9,20-21,29H,2-6,8,10-18H2,1H3. The summed E-state index contributed by atoms with van der Waals surface area (Å²) in [6, 6.07) is 4.23. The van der Waals surface area contributed by atoms with Crippen molar-refractivity contribution in [1.29, 1.82) is 0 Å². The number of ether oxygens (including phenoxy) is 1. The van der Waals surface area contributed by atoms with Gasteiger partial charge in [0.25, 0.3) is 0 Å². The molecule has 5 rings (SSSR count). The molecular weight excluding hydrogens is 388 g/mol. The number of fused-ring (bicyclic) bond motifs is 1. The van der Waals surface area contributed by atoms with E-state index in [2.05, 4.69) is 29.1 Å². The van der Waals surface area contributed by atoms with Crippen molar-refractivity contribution in [2.75, 3.05) is 32.8 Å². The fourth-order valence-electron chi connectivity index (χ4n) is 5.74. The maximum absolute atomic E-state index is 9.92. The van der Waals surface area contributed by atoms with Gasteiger partial charge in [-0.05, 0) is 95.3 Å². The lowest BCUT2D eigenvalue weighted by molar-refractivity contribution is 0.0602. The molecule has 0 atom stereocenters. The second-order valence-corrected chi connectivity index (χ2v) is 10.6. The van der Waals surface area contributed by atoms with Crippen LogP contribution in [0.4, 0.5) is 0 Å². The van der Waals surface area contributed by atoms with Crippen LogP contribution in [0.15, 0.2) is 16.7 Å². The molecule has 0 amide bonds. The minimum Gasteiger partial charge on any atom is -0.493 e. The largest absolute Gasteiger partial charge is 0.493 e. The number of aryl methyl sites for hydroxylation is 2. The van der Waals surface area contributed by atoms with Gasteiger partial charge >= 0.3 is 0 Å². The average Bonchev–Trinajstić information content (AvgIpc) is 3.34. The Hall–Kier alpha value is -1.59. The van der Waals surface area contributed by atoms with Crippen molar-refractivity contribution in [1.82, 2.24) is 10.1 Å². The molecule has 1 N–H and O–H groups in total. The lowest BCUT2D eigenvalue weighted by Crippen LogP contribution is -2.42. The molecule has 5 heteroatoms. The molecule has 1 aromatic heterocycles. The molecule has 2 heterocycles. The fourth-order valence-corrected chi connectivity index (χ4v) is 5.74. The maximum Gasteiger partial charge on any atom is 0.173 e. The van der Waals surface area contributed by atoms with Gasteiger partial charge in [0, 0.05) is 29.5 Å². The van der Waals surface area contributed by atoms with Crippen LogP contribution in [-0.4, -0.2) is 48.0 Å². The van der Waals surface area contributed by atoms with E-state index in [4.69, 9.17) is 9.26 Å². The van der Waals surface area contributed by atoms with Gasteiger partial charge in [0.15, 0.2) is 5.58 Å². The molecule has 3 aliphatic rings. The number of hydrogen-bond donors (Lipinski definition) is 1. The molecule has 31 heavy (non-hydrogen) atoms. The normalized spacial score (nSPS) is 22.4. The number of rotatable bonds is 9. The fraction of sp³-hybridized carbons (Fsp3) is 0.731. The van der Waals surface area contributed by atoms with Gasteiger partial charge in [-0.3, -0.25) is 0 Å². The van der Waals surface area contributed by atoms with Crippen LogP contribution in [0.25, 0.3) is 11.0 Å². The molecule has 2 aliphatic carbocycles. The molecule has 0 unspecified atom stereocenters. The van der Waals surface area contributed by atoms with Crippen LogP contribution in [0.3, 0.4) is 0 Å². The first-order chi connectivity index (χ1) is 15.2. The van der Waals surface area contributed by atoms with Crippen LogP contribution in [0.5, 0.6) is 5.75 Å². The first kappa shape index (κ1) is 21.3. The zero-order chi connectivity index (χ0) is 21.3. The Labute approximate surface area is 186 Å². The van der Waals surface area contributed by atoms with E-state index in [1.165, 1.54) is 70.9 Å². The third-order valence-electron chi connectivity index (χ3n) is 8.14. The van der Waals surface area contributed by atoms with Crippen molar-refractivity contribution in [2.24, 2.45) is 17.3 Å². The van der Waals surface area contributed by atoms with Gasteiger partial charge in [-0.2, -0.15) is 0 Å². The number of aliphatic hydroxyl groups excluding tert-OH is 1. The zero-order valence-electron chi connectivity index (χ0n) is 19.1. The van der Waals surface area contributed by atoms with E-state index in [1.807, 2.05) is 0 Å². The molecular formula is C26H38N2O3. The SMILES string of the molecule is Cc1c(OCC2CC2)ccc2c(CCC3CCN(CC4(CO)CCCC4)CC3)noc12. The van der Waals surface area contributed by atoms with Crippen LogP contribution in [0.2, 0.25) is 0 Å². The van der Waals surface area contributed by atoms with E-state index in [-0.39, 0.29) is 5.41 Å². The summed E-state index contributed by atoms with van der Waals surface area (Å²) in [5.41, 5.74) is 3.25. The Morgan fingerprint density at radius 1 is 1.13 bits per heavy atom. The van der Waals surface area contributed by atoms with Crippen LogP contribution in [0.1, 0.15) is 69.0 Å². The van der Waals surface area contributed by atoms with Crippen LogP contribution < -0.4 is 4.74 Å². The third kappa shape index (κ3) is 4.78. The molecule has 2 saturated carbocycles. The van der Waals surface area contributed by atoms with Crippen molar-refractivity contribution in [2.45, 2.75) is 71.1 Å². The number of nitrogens with zero attached hydrogens (tertiary/aromatic N) is 2. The number of likely N-dealkylation sites (tertiary alicyclic amines) is 1. The summed E-state index contributed by atoms with van der Waals surface area (Å²) in [6.45, 7) is 6.71. The predicted octanol–water partition coefficient (Wildman–Crippen LogP) is 5.12. The van der Waals surface area contributed by atoms with Gasteiger partial charge in [-0.25, -0.2) is 0 Å². The van der Waals surface area contributed by atoms with E-state index in [0.29, 0.717) is 6.61 Å². The van der Waals surface area contributed by atoms with Crippen LogP contribution in [0, 0.1) is 24.2 Å². The molecule has 0 radical (unpaired) electrons. The molecule has 1 aliphatic heterocycles. The Morgan fingerprint density at radius 2 is 1.90 bits per heavy atom. The van der Waals surface area contributed by atoms with Gasteiger partial charge in [0.1, 0.15) is 5.75 Å². The lowest BCUT2D eigenvalue weighted by Gasteiger charge is -2.38. The first-order valence-corrected chi connectivity index (χ1v) is 12.5. The third-order valence-corrected chi connectivity index (χ3v) is 8.14.